The number of benzene rings is 1. The maximum atomic E-state index is 12.6. The van der Waals surface area contributed by atoms with Crippen LogP contribution in [0.5, 0.6) is 5.88 Å². The first-order chi connectivity index (χ1) is 12.5. The summed E-state index contributed by atoms with van der Waals surface area (Å²) in [6, 6.07) is 7.64. The number of imidazole rings is 1. The zero-order chi connectivity index (χ0) is 18.7. The molecule has 6 heteroatoms. The first-order valence-corrected chi connectivity index (χ1v) is 8.93. The van der Waals surface area contributed by atoms with Crippen LogP contribution in [0.15, 0.2) is 42.9 Å². The van der Waals surface area contributed by atoms with Gasteiger partial charge in [0, 0.05) is 36.6 Å². The van der Waals surface area contributed by atoms with Crippen molar-refractivity contribution in [3.63, 3.8) is 0 Å². The molecule has 0 fully saturated rings. The van der Waals surface area contributed by atoms with Gasteiger partial charge in [-0.05, 0) is 39.8 Å². The van der Waals surface area contributed by atoms with E-state index in [1.807, 2.05) is 67.5 Å². The van der Waals surface area contributed by atoms with E-state index in [1.54, 1.807) is 12.4 Å². The first kappa shape index (κ1) is 17.9. The number of rotatable bonds is 6. The van der Waals surface area contributed by atoms with E-state index >= 15 is 0 Å². The molecule has 6 nitrogen and oxygen atoms in total. The van der Waals surface area contributed by atoms with Gasteiger partial charge in [0.1, 0.15) is 0 Å². The lowest BCUT2D eigenvalue weighted by Crippen LogP contribution is -2.30. The summed E-state index contributed by atoms with van der Waals surface area (Å²) in [7, 11) is 0. The Kier molecular flexibility index (Phi) is 5.21. The molecule has 0 radical (unpaired) electrons. The molecule has 26 heavy (non-hydrogen) atoms. The molecule has 2 heterocycles. The summed E-state index contributed by atoms with van der Waals surface area (Å²) < 4.78 is 7.68. The van der Waals surface area contributed by atoms with Gasteiger partial charge >= 0.3 is 0 Å². The van der Waals surface area contributed by atoms with E-state index in [0.717, 1.165) is 11.3 Å². The zero-order valence-corrected chi connectivity index (χ0v) is 15.6. The number of fused-ring (bicyclic) bond motifs is 1. The van der Waals surface area contributed by atoms with Gasteiger partial charge in [-0.1, -0.05) is 12.1 Å². The highest BCUT2D eigenvalue weighted by molar-refractivity contribution is 5.95. The lowest BCUT2D eigenvalue weighted by molar-refractivity contribution is 0.0773. The van der Waals surface area contributed by atoms with Gasteiger partial charge in [0.05, 0.1) is 18.0 Å². The molecule has 0 atom stereocenters. The standard InChI is InChI=1S/C20H24N4O2/c1-5-23(6-2)20(25)16-9-7-8-15(12-16)17-13-22-18-19(26-14(3)4)21-10-11-24(17)18/h7-14H,5-6H2,1-4H3. The molecule has 3 rings (SSSR count). The van der Waals surface area contributed by atoms with Crippen molar-refractivity contribution in [3.05, 3.63) is 48.4 Å². The molecular weight excluding hydrogens is 328 g/mol. The van der Waals surface area contributed by atoms with Crippen molar-refractivity contribution in [3.8, 4) is 17.1 Å². The van der Waals surface area contributed by atoms with Gasteiger partial charge in [0.2, 0.25) is 5.65 Å². The fourth-order valence-electron chi connectivity index (χ4n) is 2.92. The number of hydrogen-bond donors (Lipinski definition) is 0. The van der Waals surface area contributed by atoms with Crippen LogP contribution in [0.25, 0.3) is 16.9 Å². The van der Waals surface area contributed by atoms with Gasteiger partial charge in [0.15, 0.2) is 0 Å². The Labute approximate surface area is 153 Å². The Morgan fingerprint density at radius 3 is 2.69 bits per heavy atom. The number of amides is 1. The van der Waals surface area contributed by atoms with Crippen LogP contribution in [0, 0.1) is 0 Å². The minimum atomic E-state index is 0.0175. The fourth-order valence-corrected chi connectivity index (χ4v) is 2.92. The highest BCUT2D eigenvalue weighted by Crippen LogP contribution is 2.25. The third-order valence-electron chi connectivity index (χ3n) is 4.20. The normalized spacial score (nSPS) is 11.1. The second-order valence-corrected chi connectivity index (χ2v) is 6.29. The molecule has 0 bridgehead atoms. The number of nitrogens with zero attached hydrogens (tertiary/aromatic N) is 4. The summed E-state index contributed by atoms with van der Waals surface area (Å²) in [6.45, 7) is 9.26. The highest BCUT2D eigenvalue weighted by Gasteiger charge is 2.16. The maximum Gasteiger partial charge on any atom is 0.258 e. The molecule has 0 aliphatic rings. The van der Waals surface area contributed by atoms with Gasteiger partial charge in [-0.3, -0.25) is 9.20 Å². The number of ether oxygens (including phenoxy) is 1. The summed E-state index contributed by atoms with van der Waals surface area (Å²) in [5, 5.41) is 0. The van der Waals surface area contributed by atoms with Crippen molar-refractivity contribution in [1.82, 2.24) is 19.3 Å². The summed E-state index contributed by atoms with van der Waals surface area (Å²) in [5.41, 5.74) is 3.16. The molecule has 0 aliphatic heterocycles. The number of hydrogen-bond acceptors (Lipinski definition) is 4. The van der Waals surface area contributed by atoms with Crippen LogP contribution in [0.1, 0.15) is 38.1 Å². The van der Waals surface area contributed by atoms with Gasteiger partial charge in [-0.25, -0.2) is 9.97 Å². The van der Waals surface area contributed by atoms with Crippen molar-refractivity contribution < 1.29 is 9.53 Å². The van der Waals surface area contributed by atoms with Crippen LogP contribution in [-0.4, -0.2) is 44.4 Å². The van der Waals surface area contributed by atoms with Gasteiger partial charge in [0.25, 0.3) is 11.8 Å². The number of carbonyl (C=O) groups excluding carboxylic acids is 1. The van der Waals surface area contributed by atoms with E-state index < -0.39 is 0 Å². The van der Waals surface area contributed by atoms with Crippen LogP contribution >= 0.6 is 0 Å². The van der Waals surface area contributed by atoms with E-state index in [-0.39, 0.29) is 12.0 Å². The van der Waals surface area contributed by atoms with Crippen molar-refractivity contribution in [2.24, 2.45) is 0 Å². The molecule has 0 spiro atoms. The maximum absolute atomic E-state index is 12.6. The van der Waals surface area contributed by atoms with Crippen LogP contribution in [-0.2, 0) is 0 Å². The Morgan fingerprint density at radius 2 is 2.00 bits per heavy atom. The minimum absolute atomic E-state index is 0.0175. The second-order valence-electron chi connectivity index (χ2n) is 6.29. The molecule has 1 amide bonds. The Hall–Kier alpha value is -2.89. The highest BCUT2D eigenvalue weighted by atomic mass is 16.5. The van der Waals surface area contributed by atoms with Crippen LogP contribution in [0.4, 0.5) is 0 Å². The molecule has 0 saturated heterocycles. The van der Waals surface area contributed by atoms with Gasteiger partial charge in [-0.15, -0.1) is 0 Å². The van der Waals surface area contributed by atoms with Crippen molar-refractivity contribution >= 4 is 11.6 Å². The molecule has 2 aromatic heterocycles. The predicted octanol–water partition coefficient (Wildman–Crippen LogP) is 3.67. The molecule has 136 valence electrons. The molecule has 0 saturated carbocycles. The van der Waals surface area contributed by atoms with Crippen LogP contribution < -0.4 is 4.74 Å². The van der Waals surface area contributed by atoms with E-state index in [1.165, 1.54) is 0 Å². The third kappa shape index (κ3) is 3.40. The quantitative estimate of drug-likeness (QED) is 0.679. The minimum Gasteiger partial charge on any atom is -0.472 e. The first-order valence-electron chi connectivity index (χ1n) is 8.93. The molecule has 0 aliphatic carbocycles. The smallest absolute Gasteiger partial charge is 0.258 e. The van der Waals surface area contributed by atoms with Gasteiger partial charge in [-0.2, -0.15) is 0 Å². The number of aromatic nitrogens is 3. The second kappa shape index (κ2) is 7.56. The average molecular weight is 352 g/mol. The summed E-state index contributed by atoms with van der Waals surface area (Å²) in [4.78, 5) is 23.2. The number of carbonyl (C=O) groups is 1. The van der Waals surface area contributed by atoms with Gasteiger partial charge < -0.3 is 9.64 Å². The van der Waals surface area contributed by atoms with Crippen LogP contribution in [0.3, 0.4) is 0 Å². The summed E-state index contributed by atoms with van der Waals surface area (Å²) in [6.07, 6.45) is 5.35. The Balaban J connectivity index is 2.02. The molecule has 0 N–H and O–H groups in total. The summed E-state index contributed by atoms with van der Waals surface area (Å²) >= 11 is 0. The predicted molar refractivity (Wildman–Crippen MR) is 101 cm³/mol. The average Bonchev–Trinajstić information content (AvgIpc) is 3.07. The topological polar surface area (TPSA) is 59.7 Å². The van der Waals surface area contributed by atoms with Crippen molar-refractivity contribution in [2.45, 2.75) is 33.8 Å². The Bertz CT molecular complexity index is 913. The van der Waals surface area contributed by atoms with E-state index in [2.05, 4.69) is 9.97 Å². The monoisotopic (exact) mass is 352 g/mol. The molecule has 1 aromatic carbocycles. The lowest BCUT2D eigenvalue weighted by atomic mass is 10.1. The molecular formula is C20H24N4O2. The molecule has 0 unspecified atom stereocenters. The van der Waals surface area contributed by atoms with E-state index in [4.69, 9.17) is 4.74 Å². The lowest BCUT2D eigenvalue weighted by Gasteiger charge is -2.18. The zero-order valence-electron chi connectivity index (χ0n) is 15.6. The Morgan fingerprint density at radius 1 is 1.23 bits per heavy atom. The van der Waals surface area contributed by atoms with E-state index in [0.29, 0.717) is 30.2 Å². The largest absolute Gasteiger partial charge is 0.472 e. The SMILES string of the molecule is CCN(CC)C(=O)c1cccc(-c2cnc3c(OC(C)C)nccn23)c1. The van der Waals surface area contributed by atoms with Crippen molar-refractivity contribution in [2.75, 3.05) is 13.1 Å². The fraction of sp³-hybridized carbons (Fsp3) is 0.350. The van der Waals surface area contributed by atoms with E-state index in [9.17, 15) is 4.79 Å². The molecule has 3 aromatic rings. The summed E-state index contributed by atoms with van der Waals surface area (Å²) in [5.74, 6) is 0.542. The van der Waals surface area contributed by atoms with Crippen LogP contribution in [0.2, 0.25) is 0 Å². The van der Waals surface area contributed by atoms with Crippen molar-refractivity contribution in [1.29, 1.82) is 0 Å². The third-order valence-corrected chi connectivity index (χ3v) is 4.20.